The Balaban J connectivity index is 3.36. The predicted octanol–water partition coefficient (Wildman–Crippen LogP) is 2.23. The summed E-state index contributed by atoms with van der Waals surface area (Å²) in [6, 6.07) is 0. The molecule has 0 aliphatic rings. The summed E-state index contributed by atoms with van der Waals surface area (Å²) >= 11 is 0. The van der Waals surface area contributed by atoms with Gasteiger partial charge in [0, 0.05) is 6.42 Å². The molecule has 0 aliphatic carbocycles. The van der Waals surface area contributed by atoms with Gasteiger partial charge in [0.05, 0.1) is 0 Å². The molecule has 0 heterocycles. The SMILES string of the molecule is C=CCCC(C)OOC(=O)CC. The third-order valence-electron chi connectivity index (χ3n) is 1.37. The van der Waals surface area contributed by atoms with Crippen LogP contribution in [0, 0.1) is 0 Å². The van der Waals surface area contributed by atoms with E-state index in [-0.39, 0.29) is 12.1 Å². The smallest absolute Gasteiger partial charge is 0.298 e. The van der Waals surface area contributed by atoms with Crippen LogP contribution in [0.1, 0.15) is 33.1 Å². The molecule has 0 bridgehead atoms. The van der Waals surface area contributed by atoms with E-state index in [0.717, 1.165) is 12.8 Å². The van der Waals surface area contributed by atoms with Crippen LogP contribution < -0.4 is 0 Å². The van der Waals surface area contributed by atoms with E-state index >= 15 is 0 Å². The van der Waals surface area contributed by atoms with Gasteiger partial charge in [0.25, 0.3) is 0 Å². The summed E-state index contributed by atoms with van der Waals surface area (Å²) in [7, 11) is 0. The van der Waals surface area contributed by atoms with Crippen LogP contribution in [0.2, 0.25) is 0 Å². The van der Waals surface area contributed by atoms with Crippen LogP contribution in [0.15, 0.2) is 12.7 Å². The van der Waals surface area contributed by atoms with Gasteiger partial charge in [-0.05, 0) is 19.8 Å². The second kappa shape index (κ2) is 6.85. The Labute approximate surface area is 73.3 Å². The molecule has 0 aromatic heterocycles. The van der Waals surface area contributed by atoms with Crippen molar-refractivity contribution >= 4 is 5.97 Å². The molecule has 0 aromatic rings. The molecule has 0 saturated carbocycles. The lowest BCUT2D eigenvalue weighted by atomic mass is 10.2. The van der Waals surface area contributed by atoms with Crippen LogP contribution in [0.4, 0.5) is 0 Å². The molecule has 70 valence electrons. The minimum atomic E-state index is -0.333. The van der Waals surface area contributed by atoms with E-state index in [1.54, 1.807) is 6.92 Å². The van der Waals surface area contributed by atoms with E-state index in [9.17, 15) is 4.79 Å². The lowest BCUT2D eigenvalue weighted by Gasteiger charge is -2.08. The first-order valence-corrected chi connectivity index (χ1v) is 4.17. The second-order valence-corrected chi connectivity index (χ2v) is 2.58. The van der Waals surface area contributed by atoms with Crippen molar-refractivity contribution in [2.75, 3.05) is 0 Å². The fourth-order valence-corrected chi connectivity index (χ4v) is 0.595. The number of hydrogen-bond acceptors (Lipinski definition) is 3. The summed E-state index contributed by atoms with van der Waals surface area (Å²) < 4.78 is 0. The quantitative estimate of drug-likeness (QED) is 0.350. The number of rotatable bonds is 6. The fraction of sp³-hybridized carbons (Fsp3) is 0.667. The molecule has 0 aromatic carbocycles. The fourth-order valence-electron chi connectivity index (χ4n) is 0.595. The molecule has 1 unspecified atom stereocenters. The zero-order chi connectivity index (χ0) is 9.40. The van der Waals surface area contributed by atoms with Gasteiger partial charge in [-0.2, -0.15) is 4.89 Å². The molecule has 0 aliphatic heterocycles. The highest BCUT2D eigenvalue weighted by atomic mass is 17.2. The van der Waals surface area contributed by atoms with Gasteiger partial charge in [0.1, 0.15) is 6.10 Å². The van der Waals surface area contributed by atoms with Crippen molar-refractivity contribution in [3.63, 3.8) is 0 Å². The molecule has 0 amide bonds. The van der Waals surface area contributed by atoms with E-state index in [0.29, 0.717) is 6.42 Å². The number of carbonyl (C=O) groups is 1. The highest BCUT2D eigenvalue weighted by molar-refractivity contribution is 5.68. The maximum Gasteiger partial charge on any atom is 0.342 e. The molecule has 12 heavy (non-hydrogen) atoms. The van der Waals surface area contributed by atoms with Crippen molar-refractivity contribution in [1.29, 1.82) is 0 Å². The zero-order valence-corrected chi connectivity index (χ0v) is 7.71. The largest absolute Gasteiger partial charge is 0.342 e. The van der Waals surface area contributed by atoms with Crippen molar-refractivity contribution in [2.24, 2.45) is 0 Å². The van der Waals surface area contributed by atoms with Crippen molar-refractivity contribution in [2.45, 2.75) is 39.2 Å². The first kappa shape index (κ1) is 11.2. The van der Waals surface area contributed by atoms with Gasteiger partial charge in [-0.1, -0.05) is 13.0 Å². The minimum Gasteiger partial charge on any atom is -0.298 e. The standard InChI is InChI=1S/C9H16O3/c1-4-6-7-8(3)11-12-9(10)5-2/h4,8H,1,5-7H2,2-3H3. The molecule has 0 saturated heterocycles. The van der Waals surface area contributed by atoms with Crippen molar-refractivity contribution < 1.29 is 14.6 Å². The van der Waals surface area contributed by atoms with E-state index < -0.39 is 0 Å². The Bertz CT molecular complexity index is 143. The highest BCUT2D eigenvalue weighted by Crippen LogP contribution is 2.02. The third kappa shape index (κ3) is 5.92. The molecular weight excluding hydrogens is 156 g/mol. The Morgan fingerprint density at radius 2 is 2.33 bits per heavy atom. The van der Waals surface area contributed by atoms with Crippen LogP contribution in [-0.4, -0.2) is 12.1 Å². The van der Waals surface area contributed by atoms with Crippen LogP contribution >= 0.6 is 0 Å². The first-order chi connectivity index (χ1) is 5.70. The molecule has 3 nitrogen and oxygen atoms in total. The van der Waals surface area contributed by atoms with E-state index in [2.05, 4.69) is 11.5 Å². The van der Waals surface area contributed by atoms with Crippen molar-refractivity contribution in [1.82, 2.24) is 0 Å². The third-order valence-corrected chi connectivity index (χ3v) is 1.37. The van der Waals surface area contributed by atoms with Gasteiger partial charge < -0.3 is 0 Å². The summed E-state index contributed by atoms with van der Waals surface area (Å²) in [4.78, 5) is 19.9. The maximum absolute atomic E-state index is 10.6. The van der Waals surface area contributed by atoms with Gasteiger partial charge in [-0.3, -0.25) is 4.89 Å². The molecular formula is C9H16O3. The molecule has 0 rings (SSSR count). The molecule has 0 radical (unpaired) electrons. The summed E-state index contributed by atoms with van der Waals surface area (Å²) in [5.74, 6) is -0.333. The Hall–Kier alpha value is -0.830. The lowest BCUT2D eigenvalue weighted by molar-refractivity contribution is -0.295. The molecule has 0 spiro atoms. The number of hydrogen-bond donors (Lipinski definition) is 0. The van der Waals surface area contributed by atoms with E-state index in [4.69, 9.17) is 4.89 Å². The average molecular weight is 172 g/mol. The Kier molecular flexibility index (Phi) is 6.38. The summed E-state index contributed by atoms with van der Waals surface area (Å²) in [6.45, 7) is 7.16. The van der Waals surface area contributed by atoms with Gasteiger partial charge in [0.15, 0.2) is 0 Å². The molecule has 3 heteroatoms. The zero-order valence-electron chi connectivity index (χ0n) is 7.71. The van der Waals surface area contributed by atoms with E-state index in [1.165, 1.54) is 0 Å². The summed E-state index contributed by atoms with van der Waals surface area (Å²) in [5.41, 5.74) is 0. The minimum absolute atomic E-state index is 0.0569. The van der Waals surface area contributed by atoms with Crippen LogP contribution in [0.5, 0.6) is 0 Å². The number of allylic oxidation sites excluding steroid dienone is 1. The van der Waals surface area contributed by atoms with Crippen molar-refractivity contribution in [3.8, 4) is 0 Å². The topological polar surface area (TPSA) is 35.5 Å². The Morgan fingerprint density at radius 3 is 2.83 bits per heavy atom. The highest BCUT2D eigenvalue weighted by Gasteiger charge is 2.05. The molecule has 0 N–H and O–H groups in total. The van der Waals surface area contributed by atoms with Crippen LogP contribution in [0.25, 0.3) is 0 Å². The van der Waals surface area contributed by atoms with Crippen molar-refractivity contribution in [3.05, 3.63) is 12.7 Å². The second-order valence-electron chi connectivity index (χ2n) is 2.58. The van der Waals surface area contributed by atoms with E-state index in [1.807, 2.05) is 13.0 Å². The maximum atomic E-state index is 10.6. The van der Waals surface area contributed by atoms with Crippen LogP contribution in [-0.2, 0) is 14.6 Å². The molecule has 1 atom stereocenters. The first-order valence-electron chi connectivity index (χ1n) is 4.17. The summed E-state index contributed by atoms with van der Waals surface area (Å²) in [6.07, 6.45) is 3.78. The number of carbonyl (C=O) groups excluding carboxylic acids is 1. The lowest BCUT2D eigenvalue weighted by Crippen LogP contribution is -2.12. The summed E-state index contributed by atoms with van der Waals surface area (Å²) in [5, 5.41) is 0. The normalized spacial score (nSPS) is 12.2. The van der Waals surface area contributed by atoms with Crippen LogP contribution in [0.3, 0.4) is 0 Å². The average Bonchev–Trinajstić information content (AvgIpc) is 2.10. The molecule has 0 fully saturated rings. The predicted molar refractivity (Wildman–Crippen MR) is 46.4 cm³/mol. The Morgan fingerprint density at radius 1 is 1.67 bits per heavy atom. The van der Waals surface area contributed by atoms with Gasteiger partial charge in [0.2, 0.25) is 0 Å². The monoisotopic (exact) mass is 172 g/mol. The van der Waals surface area contributed by atoms with Gasteiger partial charge >= 0.3 is 5.97 Å². The van der Waals surface area contributed by atoms with Gasteiger partial charge in [-0.15, -0.1) is 6.58 Å². The van der Waals surface area contributed by atoms with Gasteiger partial charge in [-0.25, -0.2) is 4.79 Å².